The first-order valence-electron chi connectivity index (χ1n) is 9.15. The number of anilines is 1. The van der Waals surface area contributed by atoms with E-state index in [1.54, 1.807) is 0 Å². The summed E-state index contributed by atoms with van der Waals surface area (Å²) in [6, 6.07) is 6.99. The van der Waals surface area contributed by atoms with Crippen molar-refractivity contribution >= 4 is 25.3 Å². The molecule has 1 amide bonds. The molecule has 2 heterocycles. The van der Waals surface area contributed by atoms with Crippen LogP contribution < -0.4 is 11.0 Å². The summed E-state index contributed by atoms with van der Waals surface area (Å²) < 4.78 is 35.3. The molecule has 0 bridgehead atoms. The predicted molar refractivity (Wildman–Crippen MR) is 106 cm³/mol. The van der Waals surface area contributed by atoms with Gasteiger partial charge in [-0.2, -0.15) is 4.98 Å². The van der Waals surface area contributed by atoms with Crippen LogP contribution >= 0.6 is 7.82 Å². The van der Waals surface area contributed by atoms with Gasteiger partial charge in [-0.1, -0.05) is 12.1 Å². The van der Waals surface area contributed by atoms with Gasteiger partial charge in [0.15, 0.2) is 18.2 Å². The number of ketones is 1. The highest BCUT2D eigenvalue weighted by Gasteiger charge is 2.46. The number of nitrogens with zero attached hydrogens (tertiary/aromatic N) is 2. The lowest BCUT2D eigenvalue weighted by Crippen LogP contribution is -2.33. The molecule has 3 rings (SSSR count). The number of rotatable bonds is 7. The van der Waals surface area contributed by atoms with Gasteiger partial charge in [-0.3, -0.25) is 18.7 Å². The molecule has 1 aromatic carbocycles. The van der Waals surface area contributed by atoms with E-state index in [4.69, 9.17) is 14.5 Å². The first kappa shape index (κ1) is 23.9. The van der Waals surface area contributed by atoms with Crippen LogP contribution in [0.25, 0.3) is 0 Å². The highest BCUT2D eigenvalue weighted by Crippen LogP contribution is 2.38. The van der Waals surface area contributed by atoms with Gasteiger partial charge in [0, 0.05) is 17.3 Å². The number of Topliss-reactive ketones (excluding diaryl/α,β-unsaturated/α-hetero) is 1. The molecule has 1 aromatic heterocycles. The summed E-state index contributed by atoms with van der Waals surface area (Å²) in [5, 5.41) is 12.3. The second kappa shape index (κ2) is 9.36. The molecule has 32 heavy (non-hydrogen) atoms. The van der Waals surface area contributed by atoms with Gasteiger partial charge < -0.3 is 24.9 Å². The average Bonchev–Trinajstić information content (AvgIpc) is 3.00. The molecule has 0 aliphatic carbocycles. The Morgan fingerprint density at radius 3 is 2.44 bits per heavy atom. The van der Waals surface area contributed by atoms with E-state index in [0.717, 1.165) is 10.8 Å². The van der Waals surface area contributed by atoms with E-state index in [1.165, 1.54) is 37.3 Å². The summed E-state index contributed by atoms with van der Waals surface area (Å²) in [4.78, 5) is 57.0. The Bertz CT molecular complexity index is 1120. The molecule has 0 spiro atoms. The van der Waals surface area contributed by atoms with E-state index in [0.29, 0.717) is 5.56 Å². The molecule has 172 valence electrons. The number of halogens is 1. The van der Waals surface area contributed by atoms with Gasteiger partial charge in [0.1, 0.15) is 18.0 Å². The van der Waals surface area contributed by atoms with Crippen LogP contribution in [0.3, 0.4) is 0 Å². The zero-order valence-corrected chi connectivity index (χ0v) is 17.4. The standard InChI is InChI=1S/C18H19FN3O9P/c1-9(23)10-2-4-11(5-3-10)16(25)20-13-6-7-22(18(26)21-13)17-14(19)15(24)12(31-17)8-30-32(27,28)29/h2-7,12,14-15,17,24H,8H2,1H3,(H2,27,28,29)(H,20,21,25,26)/t12-,14?,15?,17-/m1/s1. The fourth-order valence-electron chi connectivity index (χ4n) is 2.96. The van der Waals surface area contributed by atoms with Gasteiger partial charge in [0.25, 0.3) is 5.91 Å². The van der Waals surface area contributed by atoms with E-state index in [-0.39, 0.29) is 17.2 Å². The second-order valence-corrected chi connectivity index (χ2v) is 8.12. The number of nitrogens with one attached hydrogen (secondary N) is 1. The van der Waals surface area contributed by atoms with Crippen molar-refractivity contribution in [3.8, 4) is 0 Å². The van der Waals surface area contributed by atoms with E-state index in [2.05, 4.69) is 14.8 Å². The molecule has 0 saturated carbocycles. The van der Waals surface area contributed by atoms with Crippen LogP contribution in [0.1, 0.15) is 33.9 Å². The smallest absolute Gasteiger partial charge is 0.387 e. The van der Waals surface area contributed by atoms with Gasteiger partial charge >= 0.3 is 13.5 Å². The zero-order valence-electron chi connectivity index (χ0n) is 16.5. The molecule has 1 fully saturated rings. The van der Waals surface area contributed by atoms with Crippen LogP contribution in [0.2, 0.25) is 0 Å². The lowest BCUT2D eigenvalue weighted by molar-refractivity contribution is -0.0482. The van der Waals surface area contributed by atoms with Crippen LogP contribution in [0.4, 0.5) is 10.2 Å². The maximum absolute atomic E-state index is 14.4. The summed E-state index contributed by atoms with van der Waals surface area (Å²) in [7, 11) is -4.87. The summed E-state index contributed by atoms with van der Waals surface area (Å²) in [5.74, 6) is -0.902. The normalized spacial score (nSPS) is 23.2. The summed E-state index contributed by atoms with van der Waals surface area (Å²) >= 11 is 0. The molecule has 1 saturated heterocycles. The van der Waals surface area contributed by atoms with Crippen molar-refractivity contribution in [2.75, 3.05) is 11.9 Å². The molecule has 4 N–H and O–H groups in total. The Balaban J connectivity index is 1.71. The zero-order chi connectivity index (χ0) is 23.6. The minimum Gasteiger partial charge on any atom is -0.387 e. The van der Waals surface area contributed by atoms with Crippen LogP contribution in [0.15, 0.2) is 41.3 Å². The number of phosphoric acid groups is 1. The summed E-state index contributed by atoms with van der Waals surface area (Å²) in [6.45, 7) is 0.580. The van der Waals surface area contributed by atoms with Crippen LogP contribution in [-0.2, 0) is 13.8 Å². The van der Waals surface area contributed by atoms with Crippen LogP contribution in [0, 0.1) is 0 Å². The number of aliphatic hydroxyl groups excluding tert-OH is 1. The number of ether oxygens (including phenoxy) is 1. The SMILES string of the molecule is CC(=O)c1ccc(C(=O)Nc2ccn([C@@H]3O[C@H](COP(=O)(O)O)C(O)C3F)c(=O)n2)cc1. The molecule has 4 atom stereocenters. The molecule has 1 aliphatic rings. The monoisotopic (exact) mass is 471 g/mol. The second-order valence-electron chi connectivity index (χ2n) is 6.88. The number of alkyl halides is 1. The Labute approximate surface area is 179 Å². The van der Waals surface area contributed by atoms with Gasteiger partial charge in [-0.15, -0.1) is 0 Å². The predicted octanol–water partition coefficient (Wildman–Crippen LogP) is 0.404. The van der Waals surface area contributed by atoms with Crippen molar-refractivity contribution in [1.82, 2.24) is 9.55 Å². The third-order valence-electron chi connectivity index (χ3n) is 4.60. The quantitative estimate of drug-likeness (QED) is 0.326. The number of aromatic nitrogens is 2. The number of carbonyl (C=O) groups excluding carboxylic acids is 2. The third-order valence-corrected chi connectivity index (χ3v) is 5.09. The first-order valence-corrected chi connectivity index (χ1v) is 10.7. The molecular formula is C18H19FN3O9P. The fourth-order valence-corrected chi connectivity index (χ4v) is 3.30. The molecule has 2 aromatic rings. The van der Waals surface area contributed by atoms with Gasteiger partial charge in [-0.05, 0) is 25.1 Å². The lowest BCUT2D eigenvalue weighted by Gasteiger charge is -2.16. The van der Waals surface area contributed by atoms with Crippen molar-refractivity contribution in [1.29, 1.82) is 0 Å². The number of hydrogen-bond acceptors (Lipinski definition) is 8. The van der Waals surface area contributed by atoms with Gasteiger partial charge in [0.2, 0.25) is 0 Å². The molecule has 0 radical (unpaired) electrons. The topological polar surface area (TPSA) is 177 Å². The fraction of sp³-hybridized carbons (Fsp3) is 0.333. The Hall–Kier alpha value is -2.80. The highest BCUT2D eigenvalue weighted by atomic mass is 31.2. The summed E-state index contributed by atoms with van der Waals surface area (Å²) in [5.41, 5.74) is -0.377. The van der Waals surface area contributed by atoms with Crippen molar-refractivity contribution in [2.45, 2.75) is 31.5 Å². The molecule has 1 aliphatic heterocycles. The van der Waals surface area contributed by atoms with Crippen LogP contribution in [0.5, 0.6) is 0 Å². The number of carbonyl (C=O) groups is 2. The first-order chi connectivity index (χ1) is 15.0. The molecule has 2 unspecified atom stereocenters. The van der Waals surface area contributed by atoms with Crippen molar-refractivity contribution in [3.63, 3.8) is 0 Å². The van der Waals surface area contributed by atoms with E-state index in [9.17, 15) is 28.4 Å². The van der Waals surface area contributed by atoms with E-state index >= 15 is 0 Å². The van der Waals surface area contributed by atoms with E-state index < -0.39 is 50.6 Å². The van der Waals surface area contributed by atoms with Crippen LogP contribution in [-0.4, -0.2) is 61.1 Å². The van der Waals surface area contributed by atoms with Gasteiger partial charge in [-0.25, -0.2) is 13.8 Å². The van der Waals surface area contributed by atoms with Gasteiger partial charge in [0.05, 0.1) is 6.61 Å². The Morgan fingerprint density at radius 1 is 1.25 bits per heavy atom. The number of amides is 1. The van der Waals surface area contributed by atoms with Crippen molar-refractivity contribution < 1.29 is 42.7 Å². The van der Waals surface area contributed by atoms with Crippen molar-refractivity contribution in [2.24, 2.45) is 0 Å². The lowest BCUT2D eigenvalue weighted by atomic mass is 10.1. The Kier molecular flexibility index (Phi) is 6.98. The molecule has 14 heteroatoms. The maximum atomic E-state index is 14.4. The minimum absolute atomic E-state index is 0.137. The number of hydrogen-bond donors (Lipinski definition) is 4. The Morgan fingerprint density at radius 2 is 1.88 bits per heavy atom. The number of aliphatic hydroxyl groups is 1. The third kappa shape index (κ3) is 5.51. The van der Waals surface area contributed by atoms with E-state index in [1.807, 2.05) is 0 Å². The summed E-state index contributed by atoms with van der Waals surface area (Å²) in [6.07, 6.45) is -5.90. The largest absolute Gasteiger partial charge is 0.469 e. The average molecular weight is 471 g/mol. The number of phosphoric ester groups is 1. The molecular weight excluding hydrogens is 452 g/mol. The molecule has 12 nitrogen and oxygen atoms in total. The van der Waals surface area contributed by atoms with Crippen molar-refractivity contribution in [3.05, 3.63) is 58.1 Å². The maximum Gasteiger partial charge on any atom is 0.469 e. The highest BCUT2D eigenvalue weighted by molar-refractivity contribution is 7.46. The minimum atomic E-state index is -4.87. The number of benzene rings is 1.